The van der Waals surface area contributed by atoms with Gasteiger partial charge in [0.15, 0.2) is 17.3 Å². The lowest BCUT2D eigenvalue weighted by molar-refractivity contribution is 0.0944. The Labute approximate surface area is 148 Å². The van der Waals surface area contributed by atoms with Crippen LogP contribution in [0.3, 0.4) is 0 Å². The topological polar surface area (TPSA) is 56.8 Å². The second-order valence-electron chi connectivity index (χ2n) is 5.55. The maximum atomic E-state index is 12.1. The van der Waals surface area contributed by atoms with Crippen molar-refractivity contribution in [2.75, 3.05) is 34.4 Å². The van der Waals surface area contributed by atoms with Gasteiger partial charge in [0.25, 0.3) is 0 Å². The molecule has 0 spiro atoms. The first-order chi connectivity index (χ1) is 12.2. The molecule has 0 aliphatic rings. The Balaban J connectivity index is 1.92. The Morgan fingerprint density at radius 2 is 1.76 bits per heavy atom. The maximum absolute atomic E-state index is 12.1. The molecule has 0 radical (unpaired) electrons. The second-order valence-corrected chi connectivity index (χ2v) is 5.55. The van der Waals surface area contributed by atoms with Crippen LogP contribution in [0, 0.1) is 0 Å². The van der Waals surface area contributed by atoms with Crippen LogP contribution in [0.5, 0.6) is 11.5 Å². The summed E-state index contributed by atoms with van der Waals surface area (Å²) >= 11 is 0. The van der Waals surface area contributed by atoms with E-state index in [1.807, 2.05) is 48.5 Å². The molecule has 0 saturated heterocycles. The maximum Gasteiger partial charge on any atom is 0.166 e. The van der Waals surface area contributed by atoms with Gasteiger partial charge in [0.2, 0.25) is 0 Å². The van der Waals surface area contributed by atoms with Crippen LogP contribution in [0.25, 0.3) is 0 Å². The first kappa shape index (κ1) is 19.0. The van der Waals surface area contributed by atoms with Crippen molar-refractivity contribution >= 4 is 5.78 Å². The molecule has 1 N–H and O–H groups in total. The number of nitrogens with one attached hydrogen (secondary N) is 1. The number of methoxy groups -OCH3 is 3. The zero-order valence-electron chi connectivity index (χ0n) is 15.0. The molecule has 0 fully saturated rings. The van der Waals surface area contributed by atoms with Crippen LogP contribution >= 0.6 is 0 Å². The molecule has 1 unspecified atom stereocenters. The van der Waals surface area contributed by atoms with E-state index >= 15 is 0 Å². The minimum atomic E-state index is -0.197. The second kappa shape index (κ2) is 9.81. The number of hydrogen-bond acceptors (Lipinski definition) is 5. The number of carbonyl (C=O) groups excluding carboxylic acids is 1. The highest BCUT2D eigenvalue weighted by Gasteiger charge is 2.18. The number of rotatable bonds is 10. The third-order valence-electron chi connectivity index (χ3n) is 4.02. The number of para-hydroxylation sites is 1. The summed E-state index contributed by atoms with van der Waals surface area (Å²) in [6.45, 7) is 1.15. The van der Waals surface area contributed by atoms with Crippen LogP contribution in [0.4, 0.5) is 0 Å². The Kier molecular flexibility index (Phi) is 7.44. The van der Waals surface area contributed by atoms with Gasteiger partial charge < -0.3 is 19.5 Å². The Morgan fingerprint density at radius 1 is 1.00 bits per heavy atom. The standard InChI is InChI=1S/C20H25NO4/c1-23-18-11-7-10-16(20(18)25-3)19(24-2)14-21-13-12-17(22)15-8-5-4-6-9-15/h4-11,19,21H,12-14H2,1-3H3. The van der Waals surface area contributed by atoms with Gasteiger partial charge in [0.05, 0.1) is 20.3 Å². The van der Waals surface area contributed by atoms with Gasteiger partial charge in [0, 0.05) is 37.7 Å². The molecule has 2 aromatic rings. The molecular weight excluding hydrogens is 318 g/mol. The van der Waals surface area contributed by atoms with Gasteiger partial charge in [-0.15, -0.1) is 0 Å². The molecule has 1 atom stereocenters. The van der Waals surface area contributed by atoms with Crippen molar-refractivity contribution in [3.8, 4) is 11.5 Å². The van der Waals surface area contributed by atoms with Crippen molar-refractivity contribution in [3.05, 3.63) is 59.7 Å². The number of benzene rings is 2. The average molecular weight is 343 g/mol. The van der Waals surface area contributed by atoms with E-state index in [4.69, 9.17) is 14.2 Å². The molecule has 2 rings (SSSR count). The molecule has 0 saturated carbocycles. The van der Waals surface area contributed by atoms with Gasteiger partial charge in [-0.2, -0.15) is 0 Å². The lowest BCUT2D eigenvalue weighted by Crippen LogP contribution is -2.25. The highest BCUT2D eigenvalue weighted by Crippen LogP contribution is 2.35. The monoisotopic (exact) mass is 343 g/mol. The van der Waals surface area contributed by atoms with E-state index < -0.39 is 0 Å². The van der Waals surface area contributed by atoms with E-state index in [1.165, 1.54) is 0 Å². The summed E-state index contributed by atoms with van der Waals surface area (Å²) < 4.78 is 16.4. The molecule has 0 bridgehead atoms. The van der Waals surface area contributed by atoms with Crippen molar-refractivity contribution in [1.29, 1.82) is 0 Å². The molecule has 5 heteroatoms. The number of carbonyl (C=O) groups is 1. The minimum Gasteiger partial charge on any atom is -0.493 e. The van der Waals surface area contributed by atoms with Crippen LogP contribution in [0.15, 0.2) is 48.5 Å². The number of hydrogen-bond donors (Lipinski definition) is 1. The van der Waals surface area contributed by atoms with Gasteiger partial charge in [-0.3, -0.25) is 4.79 Å². The van der Waals surface area contributed by atoms with Crippen LogP contribution < -0.4 is 14.8 Å². The van der Waals surface area contributed by atoms with E-state index in [2.05, 4.69) is 5.32 Å². The predicted molar refractivity (Wildman–Crippen MR) is 97.6 cm³/mol. The summed E-state index contributed by atoms with van der Waals surface area (Å²) in [5.41, 5.74) is 1.65. The molecule has 0 heterocycles. The largest absolute Gasteiger partial charge is 0.493 e. The fourth-order valence-electron chi connectivity index (χ4n) is 2.69. The van der Waals surface area contributed by atoms with Gasteiger partial charge in [-0.05, 0) is 6.07 Å². The Hall–Kier alpha value is -2.37. The van der Waals surface area contributed by atoms with Crippen LogP contribution in [0.1, 0.15) is 28.4 Å². The van der Waals surface area contributed by atoms with Crippen LogP contribution in [-0.4, -0.2) is 40.2 Å². The number of ether oxygens (including phenoxy) is 3. The van der Waals surface area contributed by atoms with E-state index in [9.17, 15) is 4.79 Å². The van der Waals surface area contributed by atoms with Crippen molar-refractivity contribution in [1.82, 2.24) is 5.32 Å². The molecule has 5 nitrogen and oxygen atoms in total. The van der Waals surface area contributed by atoms with Crippen molar-refractivity contribution in [3.63, 3.8) is 0 Å². The SMILES string of the molecule is COc1cccc(C(CNCCC(=O)c2ccccc2)OC)c1OC. The lowest BCUT2D eigenvalue weighted by atomic mass is 10.1. The van der Waals surface area contributed by atoms with Crippen molar-refractivity contribution in [2.45, 2.75) is 12.5 Å². The van der Waals surface area contributed by atoms with E-state index in [0.29, 0.717) is 31.0 Å². The summed E-state index contributed by atoms with van der Waals surface area (Å²) in [6.07, 6.45) is 0.243. The molecule has 2 aromatic carbocycles. The minimum absolute atomic E-state index is 0.126. The highest BCUT2D eigenvalue weighted by atomic mass is 16.5. The molecular formula is C20H25NO4. The molecule has 0 aliphatic heterocycles. The summed E-state index contributed by atoms with van der Waals surface area (Å²) in [7, 11) is 4.87. The third kappa shape index (κ3) is 5.05. The third-order valence-corrected chi connectivity index (χ3v) is 4.02. The zero-order chi connectivity index (χ0) is 18.1. The smallest absolute Gasteiger partial charge is 0.166 e. The fraction of sp³-hybridized carbons (Fsp3) is 0.350. The van der Waals surface area contributed by atoms with Crippen LogP contribution in [0.2, 0.25) is 0 Å². The molecule has 0 aliphatic carbocycles. The normalized spacial score (nSPS) is 11.8. The van der Waals surface area contributed by atoms with Gasteiger partial charge in [-0.25, -0.2) is 0 Å². The first-order valence-electron chi connectivity index (χ1n) is 8.24. The van der Waals surface area contributed by atoms with E-state index in [0.717, 1.165) is 11.1 Å². The molecule has 0 aromatic heterocycles. The van der Waals surface area contributed by atoms with Gasteiger partial charge in [0.1, 0.15) is 0 Å². The fourth-order valence-corrected chi connectivity index (χ4v) is 2.69. The lowest BCUT2D eigenvalue weighted by Gasteiger charge is -2.20. The van der Waals surface area contributed by atoms with Crippen molar-refractivity contribution < 1.29 is 19.0 Å². The zero-order valence-corrected chi connectivity index (χ0v) is 15.0. The molecule has 134 valence electrons. The van der Waals surface area contributed by atoms with Crippen molar-refractivity contribution in [2.24, 2.45) is 0 Å². The quantitative estimate of drug-likeness (QED) is 0.530. The number of Topliss-reactive ketones (excluding diaryl/α,β-unsaturated/α-hetero) is 1. The van der Waals surface area contributed by atoms with Gasteiger partial charge in [-0.1, -0.05) is 42.5 Å². The first-order valence-corrected chi connectivity index (χ1v) is 8.24. The number of ketones is 1. The summed E-state index contributed by atoms with van der Waals surface area (Å²) in [4.78, 5) is 12.1. The average Bonchev–Trinajstić information content (AvgIpc) is 2.67. The van der Waals surface area contributed by atoms with Crippen LogP contribution in [-0.2, 0) is 4.74 Å². The molecule has 0 amide bonds. The van der Waals surface area contributed by atoms with Gasteiger partial charge >= 0.3 is 0 Å². The Bertz CT molecular complexity index is 673. The Morgan fingerprint density at radius 3 is 2.40 bits per heavy atom. The highest BCUT2D eigenvalue weighted by molar-refractivity contribution is 5.96. The summed E-state index contributed by atoms with van der Waals surface area (Å²) in [5.74, 6) is 1.46. The van der Waals surface area contributed by atoms with E-state index in [1.54, 1.807) is 21.3 Å². The van der Waals surface area contributed by atoms with E-state index in [-0.39, 0.29) is 11.9 Å². The summed E-state index contributed by atoms with van der Waals surface area (Å²) in [5, 5.41) is 3.28. The predicted octanol–water partition coefficient (Wildman–Crippen LogP) is 3.25. The summed E-state index contributed by atoms with van der Waals surface area (Å²) in [6, 6.07) is 15.0. The molecule has 25 heavy (non-hydrogen) atoms.